The van der Waals surface area contributed by atoms with Crippen molar-refractivity contribution in [1.29, 1.82) is 0 Å². The highest BCUT2D eigenvalue weighted by Crippen LogP contribution is 2.18. The third-order valence-corrected chi connectivity index (χ3v) is 3.54. The van der Waals surface area contributed by atoms with Crippen molar-refractivity contribution in [2.24, 2.45) is 0 Å². The maximum Gasteiger partial charge on any atom is 0.174 e. The summed E-state index contributed by atoms with van der Waals surface area (Å²) in [5, 5.41) is 10.5. The molecule has 0 spiro atoms. The van der Waals surface area contributed by atoms with Gasteiger partial charge in [-0.25, -0.2) is 17.9 Å². The summed E-state index contributed by atoms with van der Waals surface area (Å²) in [6.07, 6.45) is 7.43. The lowest BCUT2D eigenvalue weighted by Crippen LogP contribution is -1.95. The monoisotopic (exact) mass is 480 g/mol. The zero-order valence-electron chi connectivity index (χ0n) is 14.8. The first kappa shape index (κ1) is 25.0. The molecule has 0 aliphatic rings. The molecule has 0 aliphatic heterocycles. The Morgan fingerprint density at radius 1 is 0.833 bits per heavy atom. The van der Waals surface area contributed by atoms with Crippen LogP contribution in [0.1, 0.15) is 0 Å². The standard InChI is InChI=1S/C8H6ClFN4.C5H3F2N.C3H4ClN3.ClH/c9-8-7(11)4-14(13-8)6-1-5(10)2-12-3-6;6-4-1-5(7)3-8-2-4;4-3-2(5)1-6-7-3;/h1-4H,11H2;1-3H;1H,5H2,(H,6,7);1H. The number of nitrogens with zero attached hydrogens (tertiary/aromatic N) is 5. The molecule has 0 saturated carbocycles. The van der Waals surface area contributed by atoms with E-state index in [0.717, 1.165) is 24.7 Å². The maximum absolute atomic E-state index is 12.8. The summed E-state index contributed by atoms with van der Waals surface area (Å²) in [5.41, 5.74) is 12.0. The summed E-state index contributed by atoms with van der Waals surface area (Å²) < 4.78 is 37.9. The topological polar surface area (TPSA) is 124 Å². The molecule has 0 aromatic carbocycles. The lowest BCUT2D eigenvalue weighted by atomic mass is 10.4. The van der Waals surface area contributed by atoms with E-state index in [1.54, 1.807) is 0 Å². The van der Waals surface area contributed by atoms with Crippen LogP contribution in [0.4, 0.5) is 24.5 Å². The van der Waals surface area contributed by atoms with Gasteiger partial charge in [-0.1, -0.05) is 23.2 Å². The Hall–Kier alpha value is -3.02. The van der Waals surface area contributed by atoms with Crippen LogP contribution in [0.3, 0.4) is 0 Å². The number of hydrogen-bond donors (Lipinski definition) is 3. The van der Waals surface area contributed by atoms with Crippen LogP contribution in [0.2, 0.25) is 10.3 Å². The van der Waals surface area contributed by atoms with E-state index < -0.39 is 17.5 Å². The van der Waals surface area contributed by atoms with Crippen LogP contribution in [0.15, 0.2) is 49.3 Å². The highest BCUT2D eigenvalue weighted by molar-refractivity contribution is 6.32. The Balaban J connectivity index is 0.000000241. The van der Waals surface area contributed by atoms with E-state index in [9.17, 15) is 13.2 Å². The summed E-state index contributed by atoms with van der Waals surface area (Å²) in [6.45, 7) is 0. The molecule has 0 amide bonds. The lowest BCUT2D eigenvalue weighted by molar-refractivity contribution is 0.573. The Kier molecular flexibility index (Phi) is 9.89. The average molecular weight is 482 g/mol. The number of aromatic amines is 1. The number of pyridine rings is 2. The SMILES string of the molecule is Cl.Fc1cncc(F)c1.Nc1cn(-c2cncc(F)c2)nc1Cl.Nc1cn[nH]c1Cl. The average Bonchev–Trinajstić information content (AvgIpc) is 3.21. The molecule has 160 valence electrons. The van der Waals surface area contributed by atoms with Crippen LogP contribution in [-0.4, -0.2) is 29.9 Å². The van der Waals surface area contributed by atoms with E-state index in [4.69, 9.17) is 34.7 Å². The second kappa shape index (κ2) is 11.9. The molecule has 0 atom stereocenters. The van der Waals surface area contributed by atoms with Crippen molar-refractivity contribution in [1.82, 2.24) is 29.9 Å². The first-order valence-corrected chi connectivity index (χ1v) is 8.33. The fraction of sp³-hybridized carbons (Fsp3) is 0. The van der Waals surface area contributed by atoms with E-state index in [1.165, 1.54) is 29.3 Å². The van der Waals surface area contributed by atoms with Crippen molar-refractivity contribution < 1.29 is 13.2 Å². The van der Waals surface area contributed by atoms with Gasteiger partial charge in [0, 0.05) is 12.1 Å². The summed E-state index contributed by atoms with van der Waals surface area (Å²) in [4.78, 5) is 6.91. The van der Waals surface area contributed by atoms with E-state index in [-0.39, 0.29) is 17.6 Å². The van der Waals surface area contributed by atoms with Gasteiger partial charge in [-0.2, -0.15) is 10.2 Å². The Labute approximate surface area is 184 Å². The number of anilines is 2. The number of nitrogen functional groups attached to an aromatic ring is 2. The highest BCUT2D eigenvalue weighted by Gasteiger charge is 2.05. The van der Waals surface area contributed by atoms with Crippen molar-refractivity contribution in [2.45, 2.75) is 0 Å². The summed E-state index contributed by atoms with van der Waals surface area (Å²) >= 11 is 11.0. The van der Waals surface area contributed by atoms with Gasteiger partial charge in [-0.3, -0.25) is 15.1 Å². The first-order valence-electron chi connectivity index (χ1n) is 7.58. The van der Waals surface area contributed by atoms with Gasteiger partial charge in [0.1, 0.15) is 22.6 Å². The fourth-order valence-electron chi connectivity index (χ4n) is 1.69. The zero-order chi connectivity index (χ0) is 21.4. The molecular formula is C16H14Cl3F3N8. The third kappa shape index (κ3) is 7.78. The van der Waals surface area contributed by atoms with Crippen LogP contribution >= 0.6 is 35.6 Å². The van der Waals surface area contributed by atoms with Gasteiger partial charge in [0.2, 0.25) is 0 Å². The number of H-pyrrole nitrogens is 1. The molecule has 0 saturated heterocycles. The normalized spacial score (nSPS) is 9.50. The minimum atomic E-state index is -0.648. The second-order valence-corrected chi connectivity index (χ2v) is 5.88. The largest absolute Gasteiger partial charge is 0.395 e. The van der Waals surface area contributed by atoms with Crippen molar-refractivity contribution in [3.8, 4) is 5.69 Å². The molecule has 0 aliphatic carbocycles. The number of halogens is 6. The predicted molar refractivity (Wildman–Crippen MR) is 110 cm³/mol. The van der Waals surface area contributed by atoms with Crippen LogP contribution in [0, 0.1) is 17.5 Å². The van der Waals surface area contributed by atoms with Crippen LogP contribution in [0.25, 0.3) is 5.69 Å². The van der Waals surface area contributed by atoms with Gasteiger partial charge in [0.25, 0.3) is 0 Å². The lowest BCUT2D eigenvalue weighted by Gasteiger charge is -1.98. The van der Waals surface area contributed by atoms with E-state index in [1.807, 2.05) is 0 Å². The Morgan fingerprint density at radius 2 is 1.40 bits per heavy atom. The molecule has 0 bridgehead atoms. The Bertz CT molecular complexity index is 1020. The zero-order valence-corrected chi connectivity index (χ0v) is 17.1. The minimum Gasteiger partial charge on any atom is -0.395 e. The molecule has 0 unspecified atom stereocenters. The van der Waals surface area contributed by atoms with Crippen molar-refractivity contribution in [3.05, 3.63) is 77.1 Å². The summed E-state index contributed by atoms with van der Waals surface area (Å²) in [6, 6.07) is 2.06. The van der Waals surface area contributed by atoms with E-state index >= 15 is 0 Å². The molecule has 8 nitrogen and oxygen atoms in total. The first-order chi connectivity index (χ1) is 13.8. The second-order valence-electron chi connectivity index (χ2n) is 5.14. The molecule has 30 heavy (non-hydrogen) atoms. The minimum absolute atomic E-state index is 0. The number of nitrogens with two attached hydrogens (primary N) is 2. The van der Waals surface area contributed by atoms with E-state index in [2.05, 4.69) is 25.3 Å². The molecule has 4 aromatic rings. The quantitative estimate of drug-likeness (QED) is 0.376. The smallest absolute Gasteiger partial charge is 0.174 e. The molecule has 0 radical (unpaired) electrons. The number of hydrogen-bond acceptors (Lipinski definition) is 6. The molecule has 5 N–H and O–H groups in total. The molecule has 4 heterocycles. The van der Waals surface area contributed by atoms with Crippen LogP contribution in [-0.2, 0) is 0 Å². The molecule has 14 heteroatoms. The summed E-state index contributed by atoms with van der Waals surface area (Å²) in [7, 11) is 0. The molecule has 0 fully saturated rings. The number of nitrogens with one attached hydrogen (secondary N) is 1. The molecule has 4 aromatic heterocycles. The van der Waals surface area contributed by atoms with Crippen LogP contribution < -0.4 is 11.5 Å². The predicted octanol–water partition coefficient (Wildman–Crippen LogP) is 4.07. The van der Waals surface area contributed by atoms with Crippen molar-refractivity contribution >= 4 is 47.0 Å². The van der Waals surface area contributed by atoms with E-state index in [0.29, 0.717) is 22.2 Å². The highest BCUT2D eigenvalue weighted by atomic mass is 35.5. The molecular weight excluding hydrogens is 468 g/mol. The van der Waals surface area contributed by atoms with Crippen molar-refractivity contribution in [3.63, 3.8) is 0 Å². The number of aromatic nitrogens is 6. The van der Waals surface area contributed by atoms with Gasteiger partial charge in [0.15, 0.2) is 5.15 Å². The van der Waals surface area contributed by atoms with Crippen LogP contribution in [0.5, 0.6) is 0 Å². The van der Waals surface area contributed by atoms with Gasteiger partial charge >= 0.3 is 0 Å². The molecule has 4 rings (SSSR count). The summed E-state index contributed by atoms with van der Waals surface area (Å²) in [5.74, 6) is -1.73. The van der Waals surface area contributed by atoms with Gasteiger partial charge in [-0.05, 0) is 0 Å². The van der Waals surface area contributed by atoms with Gasteiger partial charge < -0.3 is 11.5 Å². The Morgan fingerprint density at radius 3 is 1.73 bits per heavy atom. The van der Waals surface area contributed by atoms with Gasteiger partial charge in [0.05, 0.1) is 54.2 Å². The maximum atomic E-state index is 12.8. The fourth-order valence-corrected chi connectivity index (χ4v) is 1.92. The van der Waals surface area contributed by atoms with Gasteiger partial charge in [-0.15, -0.1) is 12.4 Å². The number of rotatable bonds is 1. The van der Waals surface area contributed by atoms with Crippen molar-refractivity contribution in [2.75, 3.05) is 11.5 Å². The third-order valence-electron chi connectivity index (χ3n) is 2.94.